The zero-order valence-corrected chi connectivity index (χ0v) is 14.8. The van der Waals surface area contributed by atoms with Crippen molar-refractivity contribution in [3.05, 3.63) is 62.5 Å². The molecule has 0 radical (unpaired) electrons. The quantitative estimate of drug-likeness (QED) is 0.773. The molecule has 0 bridgehead atoms. The summed E-state index contributed by atoms with van der Waals surface area (Å²) in [6.45, 7) is 3.78. The third-order valence-electron chi connectivity index (χ3n) is 3.91. The first-order valence-corrected chi connectivity index (χ1v) is 7.96. The molecule has 25 heavy (non-hydrogen) atoms. The summed E-state index contributed by atoms with van der Waals surface area (Å²) in [5, 5.41) is 17.8. The van der Waals surface area contributed by atoms with Gasteiger partial charge < -0.3 is 9.84 Å². The average molecular weight is 361 g/mol. The van der Waals surface area contributed by atoms with Crippen LogP contribution in [0.15, 0.2) is 35.1 Å². The summed E-state index contributed by atoms with van der Waals surface area (Å²) in [4.78, 5) is 12.1. The smallest absolute Gasteiger partial charge is 0.368 e. The minimum Gasteiger partial charge on any atom is -0.508 e. The van der Waals surface area contributed by atoms with Crippen molar-refractivity contribution in [2.24, 2.45) is 7.05 Å². The summed E-state index contributed by atoms with van der Waals surface area (Å²) < 4.78 is 8.20. The van der Waals surface area contributed by atoms with E-state index in [0.717, 1.165) is 10.2 Å². The van der Waals surface area contributed by atoms with E-state index in [-0.39, 0.29) is 18.0 Å². The molecular weight excluding hydrogens is 344 g/mol. The van der Waals surface area contributed by atoms with Gasteiger partial charge in [0.1, 0.15) is 18.1 Å². The first-order chi connectivity index (χ1) is 11.9. The molecule has 1 aromatic heterocycles. The third kappa shape index (κ3) is 3.23. The Kier molecular flexibility index (Phi) is 4.50. The number of hydrogen-bond donors (Lipinski definition) is 1. The Morgan fingerprint density at radius 1 is 1.20 bits per heavy atom. The number of nitrogens with zero attached hydrogens (tertiary/aromatic N) is 4. The largest absolute Gasteiger partial charge is 0.508 e. The van der Waals surface area contributed by atoms with Crippen LogP contribution in [-0.2, 0) is 13.7 Å². The zero-order chi connectivity index (χ0) is 18.1. The van der Waals surface area contributed by atoms with Gasteiger partial charge in [-0.2, -0.15) is 9.36 Å². The second-order valence-electron chi connectivity index (χ2n) is 5.73. The number of benzene rings is 2. The number of rotatable bonds is 4. The summed E-state index contributed by atoms with van der Waals surface area (Å²) in [6, 6.07) is 8.59. The van der Waals surface area contributed by atoms with Gasteiger partial charge in [0, 0.05) is 17.6 Å². The number of ether oxygens (including phenoxy) is 1. The second-order valence-corrected chi connectivity index (χ2v) is 6.13. The van der Waals surface area contributed by atoms with Crippen LogP contribution in [0.5, 0.6) is 11.5 Å². The molecule has 0 aliphatic heterocycles. The van der Waals surface area contributed by atoms with E-state index in [9.17, 15) is 9.90 Å². The van der Waals surface area contributed by atoms with Crippen LogP contribution < -0.4 is 10.4 Å². The Morgan fingerprint density at radius 2 is 1.96 bits per heavy atom. The number of aromatic hydroxyl groups is 1. The highest BCUT2D eigenvalue weighted by Crippen LogP contribution is 2.29. The van der Waals surface area contributed by atoms with E-state index in [4.69, 9.17) is 16.3 Å². The van der Waals surface area contributed by atoms with Crippen molar-refractivity contribution in [3.8, 4) is 17.2 Å². The van der Waals surface area contributed by atoms with Gasteiger partial charge in [-0.05, 0) is 59.7 Å². The summed E-state index contributed by atoms with van der Waals surface area (Å²) in [6.07, 6.45) is 0. The molecule has 1 heterocycles. The Bertz CT molecular complexity index is 994. The van der Waals surface area contributed by atoms with E-state index < -0.39 is 0 Å². The molecular formula is C17H17ClN4O3. The lowest BCUT2D eigenvalue weighted by atomic mass is 10.1. The lowest BCUT2D eigenvalue weighted by molar-refractivity contribution is 0.302. The van der Waals surface area contributed by atoms with Crippen LogP contribution >= 0.6 is 11.6 Å². The Hall–Kier alpha value is -2.80. The van der Waals surface area contributed by atoms with E-state index in [0.29, 0.717) is 27.6 Å². The maximum atomic E-state index is 12.1. The molecule has 8 heteroatoms. The fourth-order valence-corrected chi connectivity index (χ4v) is 2.66. The summed E-state index contributed by atoms with van der Waals surface area (Å²) in [7, 11) is 1.52. The molecule has 1 N–H and O–H groups in total. The van der Waals surface area contributed by atoms with Crippen LogP contribution in [0.4, 0.5) is 0 Å². The van der Waals surface area contributed by atoms with E-state index in [1.54, 1.807) is 37.3 Å². The second kappa shape index (κ2) is 6.60. The van der Waals surface area contributed by atoms with Crippen LogP contribution in [0.25, 0.3) is 5.69 Å². The van der Waals surface area contributed by atoms with E-state index in [1.807, 2.05) is 6.92 Å². The lowest BCUT2D eigenvalue weighted by Crippen LogP contribution is -2.23. The predicted octanol–water partition coefficient (Wildman–Crippen LogP) is 2.52. The molecule has 0 atom stereocenters. The van der Waals surface area contributed by atoms with Crippen molar-refractivity contribution in [2.75, 3.05) is 0 Å². The summed E-state index contributed by atoms with van der Waals surface area (Å²) >= 11 is 6.31. The number of tetrazole rings is 1. The fraction of sp³-hybridized carbons (Fsp3) is 0.235. The highest BCUT2D eigenvalue weighted by Gasteiger charge is 2.15. The van der Waals surface area contributed by atoms with Crippen LogP contribution in [0, 0.1) is 13.8 Å². The Morgan fingerprint density at radius 3 is 2.64 bits per heavy atom. The van der Waals surface area contributed by atoms with Crippen LogP contribution in [0.1, 0.15) is 16.7 Å². The number of halogens is 1. The van der Waals surface area contributed by atoms with Crippen LogP contribution in [-0.4, -0.2) is 24.9 Å². The molecule has 2 aromatic carbocycles. The molecule has 3 aromatic rings. The normalized spacial score (nSPS) is 10.9. The molecule has 3 rings (SSSR count). The van der Waals surface area contributed by atoms with Crippen molar-refractivity contribution >= 4 is 11.6 Å². The van der Waals surface area contributed by atoms with Crippen molar-refractivity contribution < 1.29 is 9.84 Å². The minimum atomic E-state index is -0.375. The molecule has 130 valence electrons. The predicted molar refractivity (Wildman–Crippen MR) is 93.5 cm³/mol. The summed E-state index contributed by atoms with van der Waals surface area (Å²) in [5.74, 6) is 0.849. The third-order valence-corrected chi connectivity index (χ3v) is 4.26. The van der Waals surface area contributed by atoms with Crippen LogP contribution in [0.2, 0.25) is 5.02 Å². The van der Waals surface area contributed by atoms with Crippen molar-refractivity contribution in [1.82, 2.24) is 19.8 Å². The van der Waals surface area contributed by atoms with Gasteiger partial charge in [0.2, 0.25) is 0 Å². The number of hydrogen-bond acceptors (Lipinski definition) is 5. The highest BCUT2D eigenvalue weighted by molar-refractivity contribution is 6.31. The Labute approximate surface area is 149 Å². The topological polar surface area (TPSA) is 82.2 Å². The molecule has 0 amide bonds. The molecule has 0 saturated heterocycles. The maximum Gasteiger partial charge on any atom is 0.368 e. The zero-order valence-electron chi connectivity index (χ0n) is 14.0. The lowest BCUT2D eigenvalue weighted by Gasteiger charge is -2.14. The maximum absolute atomic E-state index is 12.1. The molecule has 0 fully saturated rings. The monoisotopic (exact) mass is 360 g/mol. The van der Waals surface area contributed by atoms with Crippen molar-refractivity contribution in [2.45, 2.75) is 20.5 Å². The molecule has 0 aliphatic carbocycles. The standard InChI is InChI=1S/C17H17ClN4O3/c1-10-8-16(11(2)7-15(10)23)25-9-12-13(18)5-4-6-14(12)22-17(24)21(3)19-20-22/h4-8,23H,9H2,1-3H3. The number of phenols is 1. The fourth-order valence-electron chi connectivity index (χ4n) is 2.43. The van der Waals surface area contributed by atoms with Gasteiger partial charge in [0.15, 0.2) is 0 Å². The van der Waals surface area contributed by atoms with Gasteiger partial charge in [-0.3, -0.25) is 0 Å². The highest BCUT2D eigenvalue weighted by atomic mass is 35.5. The van der Waals surface area contributed by atoms with Gasteiger partial charge in [-0.15, -0.1) is 0 Å². The average Bonchev–Trinajstić information content (AvgIpc) is 2.90. The number of phenolic OH excluding ortho intramolecular Hbond substituents is 1. The van der Waals surface area contributed by atoms with Crippen molar-refractivity contribution in [3.63, 3.8) is 0 Å². The first kappa shape index (κ1) is 17.0. The molecule has 0 spiro atoms. The first-order valence-electron chi connectivity index (χ1n) is 7.58. The van der Waals surface area contributed by atoms with Gasteiger partial charge in [-0.25, -0.2) is 4.79 Å². The van der Waals surface area contributed by atoms with Gasteiger partial charge >= 0.3 is 5.69 Å². The van der Waals surface area contributed by atoms with Crippen LogP contribution in [0.3, 0.4) is 0 Å². The molecule has 7 nitrogen and oxygen atoms in total. The van der Waals surface area contributed by atoms with Gasteiger partial charge in [0.25, 0.3) is 0 Å². The molecule has 0 unspecified atom stereocenters. The minimum absolute atomic E-state index is 0.142. The molecule has 0 saturated carbocycles. The SMILES string of the molecule is Cc1cc(OCc2c(Cl)cccc2-n2nnn(C)c2=O)c(C)cc1O. The summed E-state index contributed by atoms with van der Waals surface area (Å²) in [5.41, 5.74) is 2.27. The van der Waals surface area contributed by atoms with Crippen molar-refractivity contribution in [1.29, 1.82) is 0 Å². The van der Waals surface area contributed by atoms with Gasteiger partial charge in [-0.1, -0.05) is 17.7 Å². The van der Waals surface area contributed by atoms with E-state index >= 15 is 0 Å². The van der Waals surface area contributed by atoms with E-state index in [2.05, 4.69) is 10.4 Å². The number of aromatic nitrogens is 4. The molecule has 0 aliphatic rings. The number of aryl methyl sites for hydroxylation is 3. The van der Waals surface area contributed by atoms with E-state index in [1.165, 1.54) is 11.7 Å². The Balaban J connectivity index is 1.97. The van der Waals surface area contributed by atoms with Gasteiger partial charge in [0.05, 0.1) is 5.69 Å².